The smallest absolute Gasteiger partial charge is 0.315 e. The second-order valence-corrected chi connectivity index (χ2v) is 5.16. The summed E-state index contributed by atoms with van der Waals surface area (Å²) in [5.74, 6) is 0.371. The topological polar surface area (TPSA) is 72.5 Å². The molecule has 24 heavy (non-hydrogen) atoms. The van der Waals surface area contributed by atoms with E-state index >= 15 is 0 Å². The first-order valence-corrected chi connectivity index (χ1v) is 7.63. The Kier molecular flexibility index (Phi) is 5.19. The van der Waals surface area contributed by atoms with E-state index in [1.54, 1.807) is 0 Å². The summed E-state index contributed by atoms with van der Waals surface area (Å²) in [5, 5.41) is 15.0. The number of nitrogens with one attached hydrogen (secondary N) is 1. The van der Waals surface area contributed by atoms with Crippen molar-refractivity contribution in [2.24, 2.45) is 5.16 Å². The van der Waals surface area contributed by atoms with Crippen molar-refractivity contribution in [2.75, 3.05) is 5.32 Å². The van der Waals surface area contributed by atoms with Crippen LogP contribution in [0, 0.1) is 0 Å². The van der Waals surface area contributed by atoms with Crippen LogP contribution in [0.1, 0.15) is 23.9 Å². The van der Waals surface area contributed by atoms with Gasteiger partial charge in [-0.2, -0.15) is 0 Å². The third-order valence-corrected chi connectivity index (χ3v) is 3.33. The molecule has 0 unspecified atom stereocenters. The Hall–Kier alpha value is -3.15. The van der Waals surface area contributed by atoms with Crippen molar-refractivity contribution in [3.63, 3.8) is 0 Å². The molecule has 0 aliphatic rings. The van der Waals surface area contributed by atoms with Crippen LogP contribution in [-0.2, 0) is 18.0 Å². The third kappa shape index (κ3) is 4.42. The average molecular weight is 322 g/mol. The maximum Gasteiger partial charge on any atom is 0.315 e. The number of nitrogens with zero attached hydrogens (tertiary/aromatic N) is 3. The van der Waals surface area contributed by atoms with Crippen molar-refractivity contribution in [1.82, 2.24) is 10.2 Å². The first kappa shape index (κ1) is 15.7. The van der Waals surface area contributed by atoms with Gasteiger partial charge in [0.1, 0.15) is 0 Å². The number of rotatable bonds is 7. The van der Waals surface area contributed by atoms with Gasteiger partial charge in [0.05, 0.1) is 5.71 Å². The molecule has 0 spiro atoms. The zero-order valence-electron chi connectivity index (χ0n) is 13.3. The van der Waals surface area contributed by atoms with Crippen LogP contribution in [0.4, 0.5) is 6.01 Å². The highest BCUT2D eigenvalue weighted by atomic mass is 16.6. The molecule has 1 heterocycles. The van der Waals surface area contributed by atoms with Crippen LogP contribution in [0.5, 0.6) is 0 Å². The highest BCUT2D eigenvalue weighted by Gasteiger charge is 2.06. The molecule has 0 saturated carbocycles. The molecule has 0 fully saturated rings. The zero-order chi connectivity index (χ0) is 16.6. The van der Waals surface area contributed by atoms with Crippen molar-refractivity contribution >= 4 is 11.7 Å². The lowest BCUT2D eigenvalue weighted by atomic mass is 10.1. The lowest BCUT2D eigenvalue weighted by Gasteiger charge is -2.01. The fraction of sp³-hybridized carbons (Fsp3) is 0.167. The van der Waals surface area contributed by atoms with E-state index in [4.69, 9.17) is 9.25 Å². The van der Waals surface area contributed by atoms with E-state index in [1.807, 2.05) is 67.6 Å². The molecule has 1 aromatic heterocycles. The molecule has 0 bridgehead atoms. The number of aromatic nitrogens is 2. The minimum absolute atomic E-state index is 0.129. The number of hydrogen-bond acceptors (Lipinski definition) is 6. The standard InChI is InChI=1S/C18H18N4O2/c1-14(16-10-6-3-7-11-16)22-23-13-17-20-21-18(24-17)19-12-15-8-4-2-5-9-15/h2-11H,12-13H2,1H3,(H,19,21)/b22-14+. The van der Waals surface area contributed by atoms with Crippen molar-refractivity contribution in [3.8, 4) is 0 Å². The number of anilines is 1. The molecule has 1 N–H and O–H groups in total. The van der Waals surface area contributed by atoms with Gasteiger partial charge in [-0.1, -0.05) is 70.9 Å². The highest BCUT2D eigenvalue weighted by molar-refractivity contribution is 5.98. The molecule has 3 aromatic rings. The Labute approximate surface area is 140 Å². The summed E-state index contributed by atoms with van der Waals surface area (Å²) in [6.45, 7) is 2.63. The van der Waals surface area contributed by atoms with Gasteiger partial charge in [-0.15, -0.1) is 5.10 Å². The Bertz CT molecular complexity index is 785. The first-order chi connectivity index (χ1) is 11.8. The van der Waals surface area contributed by atoms with Gasteiger partial charge in [0.2, 0.25) is 0 Å². The molecule has 0 amide bonds. The van der Waals surface area contributed by atoms with Gasteiger partial charge in [-0.05, 0) is 18.1 Å². The van der Waals surface area contributed by atoms with Gasteiger partial charge in [-0.25, -0.2) is 0 Å². The molecule has 0 aliphatic carbocycles. The summed E-state index contributed by atoms with van der Waals surface area (Å²) < 4.78 is 5.47. The first-order valence-electron chi connectivity index (χ1n) is 7.63. The molecule has 0 aliphatic heterocycles. The van der Waals surface area contributed by atoms with Gasteiger partial charge < -0.3 is 14.6 Å². The minimum atomic E-state index is 0.129. The Morgan fingerprint density at radius 1 is 1.04 bits per heavy atom. The normalized spacial score (nSPS) is 11.3. The highest BCUT2D eigenvalue weighted by Crippen LogP contribution is 2.09. The van der Waals surface area contributed by atoms with Gasteiger partial charge in [0.25, 0.3) is 5.89 Å². The second kappa shape index (κ2) is 7.92. The molecule has 0 atom stereocenters. The predicted octanol–water partition coefficient (Wildman–Crippen LogP) is 3.62. The van der Waals surface area contributed by atoms with Crippen molar-refractivity contribution in [2.45, 2.75) is 20.1 Å². The van der Waals surface area contributed by atoms with Gasteiger partial charge in [0, 0.05) is 6.54 Å². The molecule has 6 heteroatoms. The van der Waals surface area contributed by atoms with Crippen molar-refractivity contribution < 1.29 is 9.25 Å². The van der Waals surface area contributed by atoms with Crippen LogP contribution in [0.15, 0.2) is 70.2 Å². The maximum atomic E-state index is 5.47. The van der Waals surface area contributed by atoms with Crippen molar-refractivity contribution in [1.29, 1.82) is 0 Å². The van der Waals surface area contributed by atoms with Gasteiger partial charge in [0.15, 0.2) is 6.61 Å². The summed E-state index contributed by atoms with van der Waals surface area (Å²) in [4.78, 5) is 5.28. The van der Waals surface area contributed by atoms with Gasteiger partial charge in [-0.3, -0.25) is 0 Å². The van der Waals surface area contributed by atoms with Crippen LogP contribution < -0.4 is 5.32 Å². The second-order valence-electron chi connectivity index (χ2n) is 5.16. The average Bonchev–Trinajstić information content (AvgIpc) is 3.09. The SMILES string of the molecule is C/C(=N\OCc1nnc(NCc2ccccc2)o1)c1ccccc1. The Morgan fingerprint density at radius 2 is 1.75 bits per heavy atom. The fourth-order valence-electron chi connectivity index (χ4n) is 2.07. The van der Waals surface area contributed by atoms with E-state index < -0.39 is 0 Å². The lowest BCUT2D eigenvalue weighted by Crippen LogP contribution is -1.99. The Morgan fingerprint density at radius 3 is 2.50 bits per heavy atom. The third-order valence-electron chi connectivity index (χ3n) is 3.33. The number of hydrogen-bond donors (Lipinski definition) is 1. The van der Waals surface area contributed by atoms with E-state index in [0.29, 0.717) is 18.5 Å². The van der Waals surface area contributed by atoms with Crippen LogP contribution in [0.3, 0.4) is 0 Å². The summed E-state index contributed by atoms with van der Waals surface area (Å²) in [7, 11) is 0. The predicted molar refractivity (Wildman–Crippen MR) is 91.5 cm³/mol. The summed E-state index contributed by atoms with van der Waals surface area (Å²) in [6.07, 6.45) is 0. The van der Waals surface area contributed by atoms with E-state index in [2.05, 4.69) is 20.7 Å². The number of benzene rings is 2. The number of oxime groups is 1. The maximum absolute atomic E-state index is 5.47. The molecule has 6 nitrogen and oxygen atoms in total. The molecular formula is C18H18N4O2. The quantitative estimate of drug-likeness (QED) is 0.531. The molecule has 122 valence electrons. The van der Waals surface area contributed by atoms with E-state index in [1.165, 1.54) is 0 Å². The molecule has 0 radical (unpaired) electrons. The molecular weight excluding hydrogens is 304 g/mol. The fourth-order valence-corrected chi connectivity index (χ4v) is 2.07. The zero-order valence-corrected chi connectivity index (χ0v) is 13.3. The van der Waals surface area contributed by atoms with Crippen LogP contribution in [0.2, 0.25) is 0 Å². The van der Waals surface area contributed by atoms with E-state index in [-0.39, 0.29) is 6.61 Å². The molecule has 0 saturated heterocycles. The summed E-state index contributed by atoms with van der Waals surface area (Å²) >= 11 is 0. The molecule has 2 aromatic carbocycles. The Balaban J connectivity index is 1.49. The van der Waals surface area contributed by atoms with Crippen LogP contribution in [0.25, 0.3) is 0 Å². The largest absolute Gasteiger partial charge is 0.404 e. The summed E-state index contributed by atoms with van der Waals surface area (Å²) in [6, 6.07) is 20.2. The molecule has 3 rings (SSSR count). The lowest BCUT2D eigenvalue weighted by molar-refractivity contribution is 0.111. The van der Waals surface area contributed by atoms with Gasteiger partial charge >= 0.3 is 6.01 Å². The van der Waals surface area contributed by atoms with Crippen LogP contribution >= 0.6 is 0 Å². The van der Waals surface area contributed by atoms with E-state index in [0.717, 1.165) is 16.8 Å². The van der Waals surface area contributed by atoms with Crippen LogP contribution in [-0.4, -0.2) is 15.9 Å². The minimum Gasteiger partial charge on any atom is -0.404 e. The van der Waals surface area contributed by atoms with E-state index in [9.17, 15) is 0 Å². The monoisotopic (exact) mass is 322 g/mol. The summed E-state index contributed by atoms with van der Waals surface area (Å²) in [5.41, 5.74) is 2.93. The van der Waals surface area contributed by atoms with Crippen molar-refractivity contribution in [3.05, 3.63) is 77.7 Å².